The number of methoxy groups -OCH3 is 1. The van der Waals surface area contributed by atoms with Gasteiger partial charge >= 0.3 is 0 Å². The Kier molecular flexibility index (Phi) is 3.72. The Morgan fingerprint density at radius 1 is 0.909 bits per heavy atom. The van der Waals surface area contributed by atoms with E-state index < -0.39 is 0 Å². The molecule has 0 atom stereocenters. The van der Waals surface area contributed by atoms with Gasteiger partial charge in [0.05, 0.1) is 7.11 Å². The van der Waals surface area contributed by atoms with Crippen molar-refractivity contribution in [3.8, 4) is 5.75 Å². The second kappa shape index (κ2) is 5.68. The lowest BCUT2D eigenvalue weighted by Gasteiger charge is -2.12. The van der Waals surface area contributed by atoms with E-state index in [1.54, 1.807) is 7.11 Å². The van der Waals surface area contributed by atoms with Crippen molar-refractivity contribution in [1.82, 2.24) is 4.98 Å². The quantitative estimate of drug-likeness (QED) is 0.744. The van der Waals surface area contributed by atoms with Gasteiger partial charge in [-0.25, -0.2) is 4.98 Å². The van der Waals surface area contributed by atoms with Gasteiger partial charge in [-0.05, 0) is 73.2 Å². The molecular formula is C19H20N2O. The molecule has 3 heteroatoms. The standard InChI is InChI=1S/C19H20N2O/c1-12-5-6-16(9-13(12)2)21-19-17-10-14(3)18(22-4)11-15(17)7-8-20-19/h5-11H,1-4H3,(H,20,21). The summed E-state index contributed by atoms with van der Waals surface area (Å²) in [6.07, 6.45) is 1.82. The van der Waals surface area contributed by atoms with Crippen molar-refractivity contribution in [3.63, 3.8) is 0 Å². The topological polar surface area (TPSA) is 34.1 Å². The fourth-order valence-corrected chi connectivity index (χ4v) is 2.58. The second-order valence-electron chi connectivity index (χ2n) is 5.63. The predicted molar refractivity (Wildman–Crippen MR) is 92.2 cm³/mol. The highest BCUT2D eigenvalue weighted by Gasteiger charge is 2.07. The number of nitrogens with zero attached hydrogens (tertiary/aromatic N) is 1. The number of benzene rings is 2. The Hall–Kier alpha value is -2.55. The highest BCUT2D eigenvalue weighted by atomic mass is 16.5. The summed E-state index contributed by atoms with van der Waals surface area (Å²) in [5.74, 6) is 1.77. The first-order valence-electron chi connectivity index (χ1n) is 7.36. The van der Waals surface area contributed by atoms with Gasteiger partial charge in [0, 0.05) is 17.3 Å². The lowest BCUT2D eigenvalue weighted by molar-refractivity contribution is 0.412. The van der Waals surface area contributed by atoms with Crippen LogP contribution in [0.5, 0.6) is 5.75 Å². The third-order valence-corrected chi connectivity index (χ3v) is 4.05. The van der Waals surface area contributed by atoms with E-state index in [4.69, 9.17) is 4.74 Å². The van der Waals surface area contributed by atoms with Gasteiger partial charge in [0.25, 0.3) is 0 Å². The number of rotatable bonds is 3. The van der Waals surface area contributed by atoms with E-state index in [1.807, 2.05) is 19.2 Å². The summed E-state index contributed by atoms with van der Waals surface area (Å²) in [4.78, 5) is 4.50. The van der Waals surface area contributed by atoms with Gasteiger partial charge in [-0.15, -0.1) is 0 Å². The zero-order chi connectivity index (χ0) is 15.7. The molecule has 2 aromatic carbocycles. The molecular weight excluding hydrogens is 272 g/mol. The van der Waals surface area contributed by atoms with E-state index in [0.717, 1.165) is 33.6 Å². The molecule has 3 rings (SSSR count). The van der Waals surface area contributed by atoms with Crippen LogP contribution in [0.2, 0.25) is 0 Å². The number of aryl methyl sites for hydroxylation is 3. The molecule has 0 aliphatic heterocycles. The van der Waals surface area contributed by atoms with Crippen LogP contribution in [0.1, 0.15) is 16.7 Å². The van der Waals surface area contributed by atoms with E-state index in [9.17, 15) is 0 Å². The van der Waals surface area contributed by atoms with Gasteiger partial charge in [0.2, 0.25) is 0 Å². The highest BCUT2D eigenvalue weighted by molar-refractivity contribution is 5.94. The van der Waals surface area contributed by atoms with Gasteiger partial charge < -0.3 is 10.1 Å². The van der Waals surface area contributed by atoms with E-state index in [-0.39, 0.29) is 0 Å². The number of hydrogen-bond donors (Lipinski definition) is 1. The average Bonchev–Trinajstić information content (AvgIpc) is 2.51. The van der Waals surface area contributed by atoms with Crippen molar-refractivity contribution in [2.75, 3.05) is 12.4 Å². The van der Waals surface area contributed by atoms with Gasteiger partial charge in [-0.2, -0.15) is 0 Å². The maximum Gasteiger partial charge on any atom is 0.138 e. The molecule has 112 valence electrons. The molecule has 0 aliphatic rings. The van der Waals surface area contributed by atoms with Crippen LogP contribution in [-0.4, -0.2) is 12.1 Å². The molecule has 0 aliphatic carbocycles. The van der Waals surface area contributed by atoms with Crippen molar-refractivity contribution in [1.29, 1.82) is 0 Å². The minimum Gasteiger partial charge on any atom is -0.496 e. The summed E-state index contributed by atoms with van der Waals surface area (Å²) < 4.78 is 5.40. The fourth-order valence-electron chi connectivity index (χ4n) is 2.58. The Morgan fingerprint density at radius 2 is 1.73 bits per heavy atom. The summed E-state index contributed by atoms with van der Waals surface area (Å²) in [6, 6.07) is 12.5. The van der Waals surface area contributed by atoms with Crippen molar-refractivity contribution in [2.24, 2.45) is 0 Å². The van der Waals surface area contributed by atoms with Crippen LogP contribution in [0.3, 0.4) is 0 Å². The summed E-state index contributed by atoms with van der Waals surface area (Å²) in [7, 11) is 1.70. The van der Waals surface area contributed by atoms with Crippen LogP contribution in [0, 0.1) is 20.8 Å². The van der Waals surface area contributed by atoms with Crippen LogP contribution in [0.15, 0.2) is 42.6 Å². The van der Waals surface area contributed by atoms with Crippen LogP contribution >= 0.6 is 0 Å². The summed E-state index contributed by atoms with van der Waals surface area (Å²) in [5.41, 5.74) is 4.71. The van der Waals surface area contributed by atoms with Gasteiger partial charge in [-0.3, -0.25) is 0 Å². The molecule has 3 aromatic rings. The SMILES string of the molecule is COc1cc2ccnc(Nc3ccc(C)c(C)c3)c2cc1C. The van der Waals surface area contributed by atoms with Crippen molar-refractivity contribution < 1.29 is 4.74 Å². The molecule has 1 aromatic heterocycles. The minimum atomic E-state index is 0.867. The van der Waals surface area contributed by atoms with Gasteiger partial charge in [0.1, 0.15) is 11.6 Å². The predicted octanol–water partition coefficient (Wildman–Crippen LogP) is 4.91. The number of ether oxygens (including phenoxy) is 1. The normalized spacial score (nSPS) is 10.7. The van der Waals surface area contributed by atoms with Gasteiger partial charge in [-0.1, -0.05) is 6.07 Å². The molecule has 0 saturated heterocycles. The second-order valence-corrected chi connectivity index (χ2v) is 5.63. The lowest BCUT2D eigenvalue weighted by atomic mass is 10.1. The van der Waals surface area contributed by atoms with Crippen LogP contribution in [-0.2, 0) is 0 Å². The molecule has 0 spiro atoms. The summed E-state index contributed by atoms with van der Waals surface area (Å²) in [5, 5.41) is 5.64. The van der Waals surface area contributed by atoms with Crippen molar-refractivity contribution >= 4 is 22.3 Å². The molecule has 0 unspecified atom stereocenters. The number of nitrogens with one attached hydrogen (secondary N) is 1. The van der Waals surface area contributed by atoms with E-state index in [2.05, 4.69) is 54.5 Å². The van der Waals surface area contributed by atoms with Crippen LogP contribution in [0.25, 0.3) is 10.8 Å². The highest BCUT2D eigenvalue weighted by Crippen LogP contribution is 2.30. The van der Waals surface area contributed by atoms with E-state index in [0.29, 0.717) is 0 Å². The molecule has 3 nitrogen and oxygen atoms in total. The van der Waals surface area contributed by atoms with Crippen LogP contribution < -0.4 is 10.1 Å². The largest absolute Gasteiger partial charge is 0.496 e. The Bertz CT molecular complexity index is 840. The fraction of sp³-hybridized carbons (Fsp3) is 0.211. The molecule has 22 heavy (non-hydrogen) atoms. The maximum absolute atomic E-state index is 5.40. The molecule has 0 fully saturated rings. The average molecular weight is 292 g/mol. The van der Waals surface area contributed by atoms with E-state index in [1.165, 1.54) is 11.1 Å². The molecule has 0 bridgehead atoms. The van der Waals surface area contributed by atoms with Crippen molar-refractivity contribution in [2.45, 2.75) is 20.8 Å². The number of fused-ring (bicyclic) bond motifs is 1. The Morgan fingerprint density at radius 3 is 2.45 bits per heavy atom. The third kappa shape index (κ3) is 2.62. The smallest absolute Gasteiger partial charge is 0.138 e. The number of hydrogen-bond acceptors (Lipinski definition) is 3. The number of pyridine rings is 1. The minimum absolute atomic E-state index is 0.867. The first kappa shape index (κ1) is 14.4. The first-order chi connectivity index (χ1) is 10.6. The van der Waals surface area contributed by atoms with Crippen LogP contribution in [0.4, 0.5) is 11.5 Å². The summed E-state index contributed by atoms with van der Waals surface area (Å²) >= 11 is 0. The maximum atomic E-state index is 5.40. The molecule has 0 amide bonds. The summed E-state index contributed by atoms with van der Waals surface area (Å²) in [6.45, 7) is 6.28. The monoisotopic (exact) mass is 292 g/mol. The lowest BCUT2D eigenvalue weighted by Crippen LogP contribution is -1.96. The molecule has 1 heterocycles. The van der Waals surface area contributed by atoms with Crippen molar-refractivity contribution in [3.05, 3.63) is 59.3 Å². The molecule has 1 N–H and O–H groups in total. The van der Waals surface area contributed by atoms with Gasteiger partial charge in [0.15, 0.2) is 0 Å². The Balaban J connectivity index is 2.06. The first-order valence-corrected chi connectivity index (χ1v) is 7.36. The number of anilines is 2. The zero-order valence-electron chi connectivity index (χ0n) is 13.4. The Labute approximate surface area is 131 Å². The molecule has 0 radical (unpaired) electrons. The number of aromatic nitrogens is 1. The zero-order valence-corrected chi connectivity index (χ0v) is 13.4. The molecule has 0 saturated carbocycles. The van der Waals surface area contributed by atoms with E-state index >= 15 is 0 Å². The third-order valence-electron chi connectivity index (χ3n) is 4.05.